The molecule has 3 nitrogen and oxygen atoms in total. The van der Waals surface area contributed by atoms with Crippen LogP contribution >= 0.6 is 24.0 Å². The molecule has 1 aromatic heterocycles. The minimum atomic E-state index is 0. The molecule has 0 bridgehead atoms. The lowest BCUT2D eigenvalue weighted by Gasteiger charge is -2.38. The Morgan fingerprint density at radius 2 is 1.59 bits per heavy atom. The maximum absolute atomic E-state index is 6.33. The van der Waals surface area contributed by atoms with Gasteiger partial charge in [-0.2, -0.15) is 0 Å². The molecule has 0 aliphatic carbocycles. The third kappa shape index (κ3) is 5.55. The summed E-state index contributed by atoms with van der Waals surface area (Å²) >= 11 is 6.33. The number of hydrogen-bond acceptors (Lipinski definition) is 3. The number of piperidine rings is 1. The first-order valence-corrected chi connectivity index (χ1v) is 12.2. The van der Waals surface area contributed by atoms with Crippen LogP contribution in [0.1, 0.15) is 18.4 Å². The fraction of sp³-hybridized carbons (Fsp3) is 0.276. The number of likely N-dealkylation sites (tertiary alicyclic amines) is 1. The number of hydrogen-bond donors (Lipinski definition) is 0. The smallest absolute Gasteiger partial charge is 0.0745 e. The summed E-state index contributed by atoms with van der Waals surface area (Å²) in [5.41, 5.74) is 5.73. The lowest BCUT2D eigenvalue weighted by atomic mass is 10.0. The van der Waals surface area contributed by atoms with E-state index in [9.17, 15) is 0 Å². The van der Waals surface area contributed by atoms with Gasteiger partial charge in [-0.05, 0) is 49.1 Å². The van der Waals surface area contributed by atoms with E-state index in [1.54, 1.807) is 0 Å². The molecule has 0 N–H and O–H groups in total. The van der Waals surface area contributed by atoms with Crippen LogP contribution in [0.2, 0.25) is 5.02 Å². The Balaban J connectivity index is 0.00000274. The first-order valence-electron chi connectivity index (χ1n) is 11.8. The highest BCUT2D eigenvalue weighted by molar-refractivity contribution is 6.31. The molecule has 4 aromatic rings. The lowest BCUT2D eigenvalue weighted by Crippen LogP contribution is -2.44. The van der Waals surface area contributed by atoms with Gasteiger partial charge in [-0.25, -0.2) is 4.98 Å². The number of benzene rings is 3. The Labute approximate surface area is 213 Å². The monoisotopic (exact) mass is 491 g/mol. The SMILES string of the molecule is CN(c1cc(-c2ccccc2)nc2cc(Cl)ccc12)C1CCN(CCc2ccccc2)CC1.Cl. The fourth-order valence-electron chi connectivity index (χ4n) is 4.89. The van der Waals surface area contributed by atoms with Crippen molar-refractivity contribution in [3.8, 4) is 11.3 Å². The molecule has 176 valence electrons. The van der Waals surface area contributed by atoms with Crippen molar-refractivity contribution in [1.29, 1.82) is 0 Å². The van der Waals surface area contributed by atoms with Crippen LogP contribution in [-0.2, 0) is 6.42 Å². The van der Waals surface area contributed by atoms with E-state index in [-0.39, 0.29) is 12.4 Å². The van der Waals surface area contributed by atoms with Crippen LogP contribution in [0.15, 0.2) is 84.9 Å². The topological polar surface area (TPSA) is 19.4 Å². The van der Waals surface area contributed by atoms with Crippen molar-refractivity contribution in [3.05, 3.63) is 95.5 Å². The molecule has 34 heavy (non-hydrogen) atoms. The van der Waals surface area contributed by atoms with Gasteiger partial charge in [0, 0.05) is 54.4 Å². The molecule has 1 aliphatic heterocycles. The predicted molar refractivity (Wildman–Crippen MR) is 147 cm³/mol. The van der Waals surface area contributed by atoms with Gasteiger partial charge in [-0.3, -0.25) is 0 Å². The van der Waals surface area contributed by atoms with E-state index < -0.39 is 0 Å². The Morgan fingerprint density at radius 1 is 0.912 bits per heavy atom. The molecule has 1 saturated heterocycles. The molecule has 0 unspecified atom stereocenters. The first kappa shape index (κ1) is 24.5. The molecule has 1 aliphatic rings. The highest BCUT2D eigenvalue weighted by atomic mass is 35.5. The van der Waals surface area contributed by atoms with Crippen LogP contribution in [0.25, 0.3) is 22.2 Å². The van der Waals surface area contributed by atoms with E-state index in [0.29, 0.717) is 6.04 Å². The second-order valence-corrected chi connectivity index (χ2v) is 9.41. The van der Waals surface area contributed by atoms with Gasteiger partial charge in [0.1, 0.15) is 0 Å². The summed E-state index contributed by atoms with van der Waals surface area (Å²) in [5.74, 6) is 0. The average molecular weight is 492 g/mol. The Morgan fingerprint density at radius 3 is 2.29 bits per heavy atom. The van der Waals surface area contributed by atoms with E-state index in [1.807, 2.05) is 18.2 Å². The summed E-state index contributed by atoms with van der Waals surface area (Å²) in [5, 5.41) is 1.88. The molecular formula is C29H31Cl2N3. The maximum Gasteiger partial charge on any atom is 0.0745 e. The van der Waals surface area contributed by atoms with E-state index in [4.69, 9.17) is 16.6 Å². The molecule has 1 fully saturated rings. The van der Waals surface area contributed by atoms with Gasteiger partial charge in [-0.1, -0.05) is 72.3 Å². The molecule has 2 heterocycles. The second-order valence-electron chi connectivity index (χ2n) is 8.97. The van der Waals surface area contributed by atoms with Crippen molar-refractivity contribution in [3.63, 3.8) is 0 Å². The molecule has 5 heteroatoms. The minimum Gasteiger partial charge on any atom is -0.371 e. The fourth-order valence-corrected chi connectivity index (χ4v) is 5.06. The van der Waals surface area contributed by atoms with Crippen LogP contribution in [0, 0.1) is 0 Å². The third-order valence-corrected chi connectivity index (χ3v) is 7.10. The summed E-state index contributed by atoms with van der Waals surface area (Å²) in [6.07, 6.45) is 3.46. The van der Waals surface area contributed by atoms with Gasteiger partial charge < -0.3 is 9.80 Å². The third-order valence-electron chi connectivity index (χ3n) is 6.86. The Hall–Kier alpha value is -2.59. The van der Waals surface area contributed by atoms with Crippen LogP contribution in [0.4, 0.5) is 5.69 Å². The van der Waals surface area contributed by atoms with Crippen LogP contribution in [0.5, 0.6) is 0 Å². The van der Waals surface area contributed by atoms with Gasteiger partial charge in [0.15, 0.2) is 0 Å². The van der Waals surface area contributed by atoms with Crippen molar-refractivity contribution in [2.75, 3.05) is 31.6 Å². The van der Waals surface area contributed by atoms with Crippen molar-refractivity contribution in [2.45, 2.75) is 25.3 Å². The van der Waals surface area contributed by atoms with Gasteiger partial charge in [0.25, 0.3) is 0 Å². The Bertz CT molecular complexity index is 1210. The molecule has 0 atom stereocenters. The average Bonchev–Trinajstić information content (AvgIpc) is 2.87. The van der Waals surface area contributed by atoms with Gasteiger partial charge in [0.2, 0.25) is 0 Å². The molecular weight excluding hydrogens is 461 g/mol. The summed E-state index contributed by atoms with van der Waals surface area (Å²) < 4.78 is 0. The van der Waals surface area contributed by atoms with E-state index in [2.05, 4.69) is 83.6 Å². The van der Waals surface area contributed by atoms with Crippen LogP contribution in [0.3, 0.4) is 0 Å². The molecule has 0 amide bonds. The summed E-state index contributed by atoms with van der Waals surface area (Å²) in [6.45, 7) is 3.42. The minimum absolute atomic E-state index is 0. The largest absolute Gasteiger partial charge is 0.371 e. The molecule has 0 saturated carbocycles. The van der Waals surface area contributed by atoms with E-state index >= 15 is 0 Å². The van der Waals surface area contributed by atoms with E-state index in [1.165, 1.54) is 24.1 Å². The van der Waals surface area contributed by atoms with Gasteiger partial charge in [0.05, 0.1) is 11.2 Å². The van der Waals surface area contributed by atoms with Gasteiger partial charge in [-0.15, -0.1) is 12.4 Å². The van der Waals surface area contributed by atoms with Crippen molar-refractivity contribution in [2.24, 2.45) is 0 Å². The summed E-state index contributed by atoms with van der Waals surface area (Å²) in [6, 6.07) is 30.0. The highest BCUT2D eigenvalue weighted by Crippen LogP contribution is 2.34. The first-order chi connectivity index (χ1) is 16.2. The maximum atomic E-state index is 6.33. The number of pyridine rings is 1. The zero-order chi connectivity index (χ0) is 22.6. The normalized spacial score (nSPS) is 14.6. The molecule has 0 spiro atoms. The van der Waals surface area contributed by atoms with Crippen molar-refractivity contribution < 1.29 is 0 Å². The summed E-state index contributed by atoms with van der Waals surface area (Å²) in [7, 11) is 2.24. The second kappa shape index (κ2) is 11.2. The number of rotatable bonds is 6. The zero-order valence-corrected chi connectivity index (χ0v) is 21.1. The summed E-state index contributed by atoms with van der Waals surface area (Å²) in [4.78, 5) is 10.0. The number of nitrogens with zero attached hydrogens (tertiary/aromatic N) is 3. The standard InChI is InChI=1S/C29H30ClN3.ClH/c1-32(25-15-18-33(19-16-25)17-14-22-8-4-2-5-9-22)29-21-27(23-10-6-3-7-11-23)31-28-20-24(30)12-13-26(28)29;/h2-13,20-21,25H,14-19H2,1H3;1H. The molecule has 0 radical (unpaired) electrons. The van der Waals surface area contributed by atoms with Crippen LogP contribution < -0.4 is 4.90 Å². The van der Waals surface area contributed by atoms with Crippen LogP contribution in [-0.4, -0.2) is 42.6 Å². The van der Waals surface area contributed by atoms with Crippen molar-refractivity contribution in [1.82, 2.24) is 9.88 Å². The van der Waals surface area contributed by atoms with Crippen molar-refractivity contribution >= 4 is 40.6 Å². The number of halogens is 2. The molecule has 5 rings (SSSR count). The quantitative estimate of drug-likeness (QED) is 0.286. The number of aromatic nitrogens is 1. The number of anilines is 1. The Kier molecular flexibility index (Phi) is 8.10. The van der Waals surface area contributed by atoms with Gasteiger partial charge >= 0.3 is 0 Å². The molecule has 3 aromatic carbocycles. The lowest BCUT2D eigenvalue weighted by molar-refractivity contribution is 0.213. The zero-order valence-electron chi connectivity index (χ0n) is 19.5. The highest BCUT2D eigenvalue weighted by Gasteiger charge is 2.24. The van der Waals surface area contributed by atoms with E-state index in [0.717, 1.165) is 53.2 Å². The number of fused-ring (bicyclic) bond motifs is 1. The predicted octanol–water partition coefficient (Wildman–Crippen LogP) is 7.12.